The number of aldehydes is 1. The first-order valence-electron chi connectivity index (χ1n) is 6.79. The van der Waals surface area contributed by atoms with Crippen LogP contribution in [0, 0.1) is 0 Å². The minimum Gasteiger partial charge on any atom is -0.394 e. The minimum atomic E-state index is -3.04. The van der Waals surface area contributed by atoms with Gasteiger partial charge in [0.25, 0.3) is 0 Å². The molecule has 0 aliphatic carbocycles. The quantitative estimate of drug-likeness (QED) is 0.199. The summed E-state index contributed by atoms with van der Waals surface area (Å²) in [5.41, 5.74) is -3.04. The van der Waals surface area contributed by atoms with E-state index < -0.39 is 67.6 Å². The molecule has 9 atom stereocenters. The second-order valence-electron chi connectivity index (χ2n) is 5.41. The Kier molecular flexibility index (Phi) is 6.97. The van der Waals surface area contributed by atoms with Crippen molar-refractivity contribution in [2.24, 2.45) is 0 Å². The van der Waals surface area contributed by atoms with Gasteiger partial charge >= 0.3 is 0 Å². The van der Waals surface area contributed by atoms with Gasteiger partial charge in [-0.05, 0) is 0 Å². The van der Waals surface area contributed by atoms with Crippen molar-refractivity contribution >= 4 is 6.29 Å². The van der Waals surface area contributed by atoms with Gasteiger partial charge in [-0.3, -0.25) is 0 Å². The van der Waals surface area contributed by atoms with E-state index in [2.05, 4.69) is 0 Å². The van der Waals surface area contributed by atoms with E-state index in [9.17, 15) is 40.5 Å². The molecule has 9 N–H and O–H groups in total. The van der Waals surface area contributed by atoms with Gasteiger partial charge in [-0.1, -0.05) is 0 Å². The molecule has 11 nitrogen and oxygen atoms in total. The van der Waals surface area contributed by atoms with Crippen LogP contribution in [0.1, 0.15) is 0 Å². The zero-order valence-corrected chi connectivity index (χ0v) is 12.0. The highest BCUT2D eigenvalue weighted by molar-refractivity contribution is 5.59. The maximum Gasteiger partial charge on any atom is 0.154 e. The van der Waals surface area contributed by atoms with Crippen molar-refractivity contribution in [2.75, 3.05) is 13.2 Å². The van der Waals surface area contributed by atoms with Crippen molar-refractivity contribution in [3.63, 3.8) is 0 Å². The number of hydrogen-bond acceptors (Lipinski definition) is 11. The van der Waals surface area contributed by atoms with Crippen LogP contribution >= 0.6 is 0 Å². The van der Waals surface area contributed by atoms with E-state index in [1.54, 1.807) is 0 Å². The van der Waals surface area contributed by atoms with Crippen LogP contribution in [0.2, 0.25) is 0 Å². The average Bonchev–Trinajstić information content (AvgIpc) is 2.56. The molecule has 0 spiro atoms. The number of rotatable bonds is 7. The van der Waals surface area contributed by atoms with Gasteiger partial charge in [0.2, 0.25) is 0 Å². The van der Waals surface area contributed by atoms with Gasteiger partial charge in [0, 0.05) is 0 Å². The summed E-state index contributed by atoms with van der Waals surface area (Å²) >= 11 is 0. The second-order valence-corrected chi connectivity index (χ2v) is 5.41. The SMILES string of the molecule is O=C[C@@H](O)[C@](O)(C1O[C@H](CO)[C@@H](O)[C@H](O)[C@H]1O)[C@H](O)[C@H](O)CO. The van der Waals surface area contributed by atoms with E-state index in [4.69, 9.17) is 14.9 Å². The first-order valence-corrected chi connectivity index (χ1v) is 6.79. The lowest BCUT2D eigenvalue weighted by Crippen LogP contribution is -2.73. The highest BCUT2D eigenvalue weighted by atomic mass is 16.6. The summed E-state index contributed by atoms with van der Waals surface area (Å²) in [4.78, 5) is 10.8. The Balaban J connectivity index is 3.27. The van der Waals surface area contributed by atoms with Crippen molar-refractivity contribution in [3.8, 4) is 0 Å². The minimum absolute atomic E-state index is 0.214. The van der Waals surface area contributed by atoms with Gasteiger partial charge in [0.15, 0.2) is 11.9 Å². The smallest absolute Gasteiger partial charge is 0.154 e. The van der Waals surface area contributed by atoms with E-state index >= 15 is 0 Å². The van der Waals surface area contributed by atoms with Crippen LogP contribution in [-0.4, -0.2) is 120 Å². The summed E-state index contributed by atoms with van der Waals surface area (Å²) in [7, 11) is 0. The van der Waals surface area contributed by atoms with Crippen LogP contribution in [0.15, 0.2) is 0 Å². The Bertz CT molecular complexity index is 391. The molecule has 1 saturated heterocycles. The summed E-state index contributed by atoms with van der Waals surface area (Å²) < 4.78 is 5.00. The molecule has 1 fully saturated rings. The summed E-state index contributed by atoms with van der Waals surface area (Å²) in [6.07, 6.45) is -16.4. The molecule has 0 radical (unpaired) electrons. The maximum absolute atomic E-state index is 10.8. The average molecular weight is 342 g/mol. The normalized spacial score (nSPS) is 38.4. The predicted octanol–water partition coefficient (Wildman–Crippen LogP) is -6.17. The topological polar surface area (TPSA) is 208 Å². The molecule has 136 valence electrons. The summed E-state index contributed by atoms with van der Waals surface area (Å²) in [6, 6.07) is 0. The highest BCUT2D eigenvalue weighted by Gasteiger charge is 2.59. The van der Waals surface area contributed by atoms with Gasteiger partial charge in [-0.15, -0.1) is 0 Å². The molecule has 1 rings (SSSR count). The van der Waals surface area contributed by atoms with Gasteiger partial charge < -0.3 is 55.5 Å². The third-order valence-electron chi connectivity index (χ3n) is 3.98. The van der Waals surface area contributed by atoms with E-state index in [1.165, 1.54) is 0 Å². The summed E-state index contributed by atoms with van der Waals surface area (Å²) in [5, 5.41) is 86.9. The Hall–Kier alpha value is -0.730. The van der Waals surface area contributed by atoms with Crippen LogP contribution in [0.4, 0.5) is 0 Å². The zero-order chi connectivity index (χ0) is 17.9. The lowest BCUT2D eigenvalue weighted by atomic mass is 9.76. The molecule has 1 unspecified atom stereocenters. The number of ether oxygens (including phenoxy) is 1. The lowest BCUT2D eigenvalue weighted by Gasteiger charge is -2.49. The largest absolute Gasteiger partial charge is 0.394 e. The van der Waals surface area contributed by atoms with Crippen LogP contribution in [-0.2, 0) is 9.53 Å². The number of hydrogen-bond donors (Lipinski definition) is 9. The predicted molar refractivity (Wildman–Crippen MR) is 69.9 cm³/mol. The summed E-state index contributed by atoms with van der Waals surface area (Å²) in [5.74, 6) is 0. The molecule has 23 heavy (non-hydrogen) atoms. The van der Waals surface area contributed by atoms with E-state index in [1.807, 2.05) is 0 Å². The monoisotopic (exact) mass is 342 g/mol. The first kappa shape index (κ1) is 20.3. The molecule has 11 heteroatoms. The molecule has 0 bridgehead atoms. The fourth-order valence-corrected chi connectivity index (χ4v) is 2.51. The van der Waals surface area contributed by atoms with Crippen LogP contribution in [0.25, 0.3) is 0 Å². The third-order valence-corrected chi connectivity index (χ3v) is 3.98. The molecule has 1 heterocycles. The molecular weight excluding hydrogens is 320 g/mol. The Morgan fingerprint density at radius 2 is 1.61 bits per heavy atom. The number of carbonyl (C=O) groups excluding carboxylic acids is 1. The van der Waals surface area contributed by atoms with Gasteiger partial charge in [0.1, 0.15) is 48.8 Å². The van der Waals surface area contributed by atoms with E-state index in [-0.39, 0.29) is 6.29 Å². The Labute approximate surface area is 130 Å². The van der Waals surface area contributed by atoms with Crippen molar-refractivity contribution in [1.29, 1.82) is 0 Å². The van der Waals surface area contributed by atoms with Crippen LogP contribution < -0.4 is 0 Å². The second kappa shape index (κ2) is 7.90. The Morgan fingerprint density at radius 3 is 2.04 bits per heavy atom. The standard InChI is InChI=1S/C12H22O11/c13-1-4(16)10(21)12(22,6(17)3-15)11-9(20)8(19)7(18)5(2-14)23-11/h3-11,13-14,16-22H,1-2H2/t4-,5-,6-,7-,8+,9-,10-,11?,12-/m1/s1. The lowest BCUT2D eigenvalue weighted by molar-refractivity contribution is -0.305. The molecule has 1 aliphatic heterocycles. The number of carbonyl (C=O) groups is 1. The Morgan fingerprint density at radius 1 is 1.04 bits per heavy atom. The summed E-state index contributed by atoms with van der Waals surface area (Å²) in [6.45, 7) is -1.92. The molecule has 0 aromatic heterocycles. The van der Waals surface area contributed by atoms with Crippen LogP contribution in [0.5, 0.6) is 0 Å². The van der Waals surface area contributed by atoms with Crippen molar-refractivity contribution in [1.82, 2.24) is 0 Å². The van der Waals surface area contributed by atoms with Gasteiger partial charge in [-0.2, -0.15) is 0 Å². The fraction of sp³-hybridized carbons (Fsp3) is 0.917. The molecule has 1 aliphatic rings. The van der Waals surface area contributed by atoms with Crippen molar-refractivity contribution in [3.05, 3.63) is 0 Å². The van der Waals surface area contributed by atoms with Crippen molar-refractivity contribution < 1.29 is 55.5 Å². The molecule has 0 saturated carbocycles. The fourth-order valence-electron chi connectivity index (χ4n) is 2.51. The molecule has 0 aromatic rings. The van der Waals surface area contributed by atoms with Crippen LogP contribution in [0.3, 0.4) is 0 Å². The maximum atomic E-state index is 10.8. The van der Waals surface area contributed by atoms with E-state index in [0.717, 1.165) is 0 Å². The van der Waals surface area contributed by atoms with Gasteiger partial charge in [0.05, 0.1) is 13.2 Å². The van der Waals surface area contributed by atoms with E-state index in [0.29, 0.717) is 0 Å². The number of aliphatic hydroxyl groups is 9. The third kappa shape index (κ3) is 3.53. The van der Waals surface area contributed by atoms with Gasteiger partial charge in [-0.25, -0.2) is 0 Å². The van der Waals surface area contributed by atoms with Crippen molar-refractivity contribution in [2.45, 2.75) is 54.4 Å². The zero-order valence-electron chi connectivity index (χ0n) is 12.0. The molecular formula is C12H22O11. The molecule has 0 amide bonds. The first-order chi connectivity index (χ1) is 10.7. The highest BCUT2D eigenvalue weighted by Crippen LogP contribution is 2.33. The molecule has 0 aromatic carbocycles. The number of aliphatic hydroxyl groups excluding tert-OH is 8.